The molecule has 0 amide bonds. The summed E-state index contributed by atoms with van der Waals surface area (Å²) in [6, 6.07) is 58.2. The molecular weight excluding hydrogens is 619 g/mol. The van der Waals surface area contributed by atoms with E-state index in [1.807, 2.05) is 0 Å². The standard InChI is InChI=1S/C48H39N3/c1-2-3-10-36-31-50(46-14-7-4-11-39(36)46)37-23-17-32(18-24-37)34-21-27-44-42(29-34)43-30-35(22-28-45(43)49-44)33-19-25-38(26-20-33)51-47-15-8-5-12-40(47)41-13-6-9-16-48(41)51/h4-9,11-30,36,49H,2-3,10,31H2,1H3. The fourth-order valence-corrected chi connectivity index (χ4v) is 8.53. The molecule has 0 saturated carbocycles. The summed E-state index contributed by atoms with van der Waals surface area (Å²) in [6.07, 6.45) is 3.77. The molecule has 1 N–H and O–H groups in total. The number of hydrogen-bond donors (Lipinski definition) is 1. The van der Waals surface area contributed by atoms with Gasteiger partial charge in [-0.2, -0.15) is 0 Å². The summed E-state index contributed by atoms with van der Waals surface area (Å²) in [5.74, 6) is 0.605. The Kier molecular flexibility index (Phi) is 7.06. The second-order valence-corrected chi connectivity index (χ2v) is 14.1. The van der Waals surface area contributed by atoms with Crippen molar-refractivity contribution in [2.45, 2.75) is 32.1 Å². The lowest BCUT2D eigenvalue weighted by Crippen LogP contribution is -2.15. The van der Waals surface area contributed by atoms with E-state index in [-0.39, 0.29) is 0 Å². The van der Waals surface area contributed by atoms with Crippen molar-refractivity contribution < 1.29 is 0 Å². The minimum absolute atomic E-state index is 0.605. The lowest BCUT2D eigenvalue weighted by Gasteiger charge is -2.20. The molecule has 0 fully saturated rings. The van der Waals surface area contributed by atoms with Gasteiger partial charge >= 0.3 is 0 Å². The van der Waals surface area contributed by atoms with Crippen LogP contribution in [0.4, 0.5) is 11.4 Å². The van der Waals surface area contributed by atoms with Crippen LogP contribution in [0.5, 0.6) is 0 Å². The van der Waals surface area contributed by atoms with Gasteiger partial charge in [0.05, 0.1) is 11.0 Å². The van der Waals surface area contributed by atoms with Gasteiger partial charge in [0, 0.05) is 62.1 Å². The summed E-state index contributed by atoms with van der Waals surface area (Å²) in [7, 11) is 0. The monoisotopic (exact) mass is 657 g/mol. The molecule has 0 radical (unpaired) electrons. The van der Waals surface area contributed by atoms with E-state index < -0.39 is 0 Å². The Morgan fingerprint density at radius 2 is 1.06 bits per heavy atom. The number of aromatic amines is 1. The maximum atomic E-state index is 3.66. The van der Waals surface area contributed by atoms with Crippen molar-refractivity contribution in [3.8, 4) is 27.9 Å². The highest BCUT2D eigenvalue weighted by molar-refractivity contribution is 6.10. The van der Waals surface area contributed by atoms with Crippen molar-refractivity contribution in [1.82, 2.24) is 9.55 Å². The van der Waals surface area contributed by atoms with Crippen LogP contribution in [0.25, 0.3) is 71.6 Å². The molecule has 10 rings (SSSR count). The predicted molar refractivity (Wildman–Crippen MR) is 217 cm³/mol. The number of hydrogen-bond acceptors (Lipinski definition) is 1. The smallest absolute Gasteiger partial charge is 0.0541 e. The number of aromatic nitrogens is 2. The molecule has 1 atom stereocenters. The quantitative estimate of drug-likeness (QED) is 0.181. The summed E-state index contributed by atoms with van der Waals surface area (Å²) in [4.78, 5) is 6.17. The highest BCUT2D eigenvalue weighted by atomic mass is 15.2. The first-order valence-electron chi connectivity index (χ1n) is 18.3. The molecule has 1 aliphatic heterocycles. The van der Waals surface area contributed by atoms with Crippen molar-refractivity contribution in [3.05, 3.63) is 163 Å². The van der Waals surface area contributed by atoms with Gasteiger partial charge in [-0.15, -0.1) is 0 Å². The maximum Gasteiger partial charge on any atom is 0.0541 e. The predicted octanol–water partition coefficient (Wildman–Crippen LogP) is 13.2. The molecule has 3 heterocycles. The molecule has 0 spiro atoms. The zero-order valence-corrected chi connectivity index (χ0v) is 28.8. The summed E-state index contributed by atoms with van der Waals surface area (Å²) in [6.45, 7) is 3.35. The van der Waals surface area contributed by atoms with Crippen LogP contribution in [0.15, 0.2) is 158 Å². The third-order valence-electron chi connectivity index (χ3n) is 11.1. The third-order valence-corrected chi connectivity index (χ3v) is 11.1. The number of nitrogens with zero attached hydrogens (tertiary/aromatic N) is 2. The van der Waals surface area contributed by atoms with Crippen molar-refractivity contribution in [1.29, 1.82) is 0 Å². The largest absolute Gasteiger partial charge is 0.355 e. The molecule has 1 aliphatic rings. The topological polar surface area (TPSA) is 24.0 Å². The van der Waals surface area contributed by atoms with E-state index in [9.17, 15) is 0 Å². The van der Waals surface area contributed by atoms with Crippen molar-refractivity contribution >= 4 is 55.0 Å². The summed E-state index contributed by atoms with van der Waals surface area (Å²) in [5.41, 5.74) is 15.0. The van der Waals surface area contributed by atoms with Crippen LogP contribution >= 0.6 is 0 Å². The minimum atomic E-state index is 0.605. The van der Waals surface area contributed by atoms with E-state index in [2.05, 4.69) is 179 Å². The van der Waals surface area contributed by atoms with E-state index in [0.29, 0.717) is 5.92 Å². The Hall–Kier alpha value is -6.06. The number of unbranched alkanes of at least 4 members (excludes halogenated alkanes) is 1. The number of H-pyrrole nitrogens is 1. The van der Waals surface area contributed by atoms with Crippen LogP contribution in [0.1, 0.15) is 37.7 Å². The van der Waals surface area contributed by atoms with Gasteiger partial charge in [-0.3, -0.25) is 0 Å². The van der Waals surface area contributed by atoms with Crippen molar-refractivity contribution in [2.24, 2.45) is 0 Å². The van der Waals surface area contributed by atoms with Crippen LogP contribution in [0.3, 0.4) is 0 Å². The normalized spacial score (nSPS) is 14.3. The average Bonchev–Trinajstić information content (AvgIpc) is 3.86. The summed E-state index contributed by atoms with van der Waals surface area (Å²) < 4.78 is 2.37. The van der Waals surface area contributed by atoms with Gasteiger partial charge in [0.25, 0.3) is 0 Å². The number of fused-ring (bicyclic) bond motifs is 7. The van der Waals surface area contributed by atoms with Gasteiger partial charge in [-0.1, -0.05) is 111 Å². The highest BCUT2D eigenvalue weighted by Gasteiger charge is 2.28. The van der Waals surface area contributed by atoms with Gasteiger partial charge in [0.2, 0.25) is 0 Å². The summed E-state index contributed by atoms with van der Waals surface area (Å²) in [5, 5.41) is 5.07. The highest BCUT2D eigenvalue weighted by Crippen LogP contribution is 2.43. The second-order valence-electron chi connectivity index (χ2n) is 14.1. The average molecular weight is 658 g/mol. The van der Waals surface area contributed by atoms with Crippen LogP contribution < -0.4 is 4.90 Å². The Balaban J connectivity index is 0.963. The van der Waals surface area contributed by atoms with E-state index >= 15 is 0 Å². The Morgan fingerprint density at radius 3 is 1.67 bits per heavy atom. The first-order valence-corrected chi connectivity index (χ1v) is 18.3. The van der Waals surface area contributed by atoms with E-state index in [4.69, 9.17) is 0 Å². The van der Waals surface area contributed by atoms with Crippen LogP contribution in [0.2, 0.25) is 0 Å². The maximum absolute atomic E-state index is 3.66. The van der Waals surface area contributed by atoms with Crippen LogP contribution in [0, 0.1) is 0 Å². The molecule has 9 aromatic rings. The molecule has 3 nitrogen and oxygen atoms in total. The molecule has 0 bridgehead atoms. The van der Waals surface area contributed by atoms with Crippen LogP contribution in [-0.4, -0.2) is 16.1 Å². The second kappa shape index (κ2) is 12.1. The van der Waals surface area contributed by atoms with Gasteiger partial charge in [0.15, 0.2) is 0 Å². The molecule has 246 valence electrons. The number of rotatable bonds is 7. The van der Waals surface area contributed by atoms with Gasteiger partial charge in [-0.25, -0.2) is 0 Å². The molecule has 0 aliphatic carbocycles. The Morgan fingerprint density at radius 1 is 0.529 bits per heavy atom. The molecule has 1 unspecified atom stereocenters. The van der Waals surface area contributed by atoms with E-state index in [1.54, 1.807) is 0 Å². The first kappa shape index (κ1) is 29.8. The third kappa shape index (κ3) is 4.95. The fraction of sp³-hybridized carbons (Fsp3) is 0.125. The SMILES string of the molecule is CCCCC1CN(c2ccc(-c3ccc4[nH]c5ccc(-c6ccc(-n7c8ccccc8c8ccccc87)cc6)cc5c4c3)cc2)c2ccccc21. The number of benzene rings is 7. The number of nitrogens with one attached hydrogen (secondary N) is 1. The molecule has 0 saturated heterocycles. The van der Waals surface area contributed by atoms with Crippen LogP contribution in [-0.2, 0) is 0 Å². The lowest BCUT2D eigenvalue weighted by molar-refractivity contribution is 0.611. The Bertz CT molecular complexity index is 2660. The molecule has 51 heavy (non-hydrogen) atoms. The zero-order valence-electron chi connectivity index (χ0n) is 28.8. The Labute approximate surface area is 298 Å². The molecule has 2 aromatic heterocycles. The molecule has 7 aromatic carbocycles. The van der Waals surface area contributed by atoms with Gasteiger partial charge in [-0.05, 0) is 101 Å². The van der Waals surface area contributed by atoms with Crippen molar-refractivity contribution in [2.75, 3.05) is 11.4 Å². The molecule has 3 heteroatoms. The van der Waals surface area contributed by atoms with E-state index in [1.165, 1.54) is 96.7 Å². The van der Waals surface area contributed by atoms with Crippen molar-refractivity contribution in [3.63, 3.8) is 0 Å². The van der Waals surface area contributed by atoms with Gasteiger partial charge < -0.3 is 14.5 Å². The molecular formula is C48H39N3. The number of anilines is 2. The first-order chi connectivity index (χ1) is 25.2. The zero-order chi connectivity index (χ0) is 33.9. The number of para-hydroxylation sites is 3. The minimum Gasteiger partial charge on any atom is -0.355 e. The summed E-state index contributed by atoms with van der Waals surface area (Å²) >= 11 is 0. The fourth-order valence-electron chi connectivity index (χ4n) is 8.53. The lowest BCUT2D eigenvalue weighted by atomic mass is 9.96. The van der Waals surface area contributed by atoms with E-state index in [0.717, 1.165) is 17.6 Å². The van der Waals surface area contributed by atoms with Gasteiger partial charge in [0.1, 0.15) is 0 Å².